The maximum atomic E-state index is 14.2. The van der Waals surface area contributed by atoms with Gasteiger partial charge in [0.15, 0.2) is 0 Å². The van der Waals surface area contributed by atoms with Crippen LogP contribution in [0.15, 0.2) is 30.0 Å². The summed E-state index contributed by atoms with van der Waals surface area (Å²) >= 11 is 0. The second-order valence-electron chi connectivity index (χ2n) is 10.9. The number of amides is 2. The van der Waals surface area contributed by atoms with Gasteiger partial charge in [0.25, 0.3) is 23.5 Å². The van der Waals surface area contributed by atoms with Gasteiger partial charge in [0.2, 0.25) is 0 Å². The molecule has 1 fully saturated rings. The molecule has 1 aliphatic heterocycles. The van der Waals surface area contributed by atoms with E-state index in [0.29, 0.717) is 48.3 Å². The fourth-order valence-electron chi connectivity index (χ4n) is 6.06. The number of hydrogen-bond donors (Lipinski definition) is 4. The lowest BCUT2D eigenvalue weighted by atomic mass is 9.65. The molecule has 4 rings (SSSR count). The van der Waals surface area contributed by atoms with Gasteiger partial charge in [-0.25, -0.2) is 13.2 Å². The van der Waals surface area contributed by atoms with Crippen molar-refractivity contribution in [1.29, 1.82) is 0 Å². The minimum Gasteiger partial charge on any atom is -0.380 e. The number of nitrogens with one attached hydrogen (secondary N) is 3. The third kappa shape index (κ3) is 5.76. The lowest BCUT2D eigenvalue weighted by molar-refractivity contribution is -0.138. The molecule has 0 radical (unpaired) electrons. The quantitative estimate of drug-likeness (QED) is 0.138. The largest absolute Gasteiger partial charge is 0.380 e. The van der Waals surface area contributed by atoms with Gasteiger partial charge in [0.1, 0.15) is 5.82 Å². The Morgan fingerprint density at radius 2 is 1.95 bits per heavy atom. The maximum absolute atomic E-state index is 14.2. The van der Waals surface area contributed by atoms with Crippen LogP contribution in [0.4, 0.5) is 18.9 Å². The summed E-state index contributed by atoms with van der Waals surface area (Å²) in [5, 5.41) is 5.36. The van der Waals surface area contributed by atoms with Crippen molar-refractivity contribution in [3.8, 4) is 0 Å². The number of rotatable bonds is 11. The zero-order valence-corrected chi connectivity index (χ0v) is 23.6. The number of alkyl halides is 2. The number of hydrazine groups is 1. The Hall–Kier alpha value is -3.64. The number of ether oxygens (including phenoxy) is 1. The lowest BCUT2D eigenvalue weighted by Crippen LogP contribution is -2.65. The lowest BCUT2D eigenvalue weighted by Gasteiger charge is -2.50. The molecule has 2 aromatic rings. The van der Waals surface area contributed by atoms with E-state index in [1.165, 1.54) is 31.5 Å². The summed E-state index contributed by atoms with van der Waals surface area (Å²) in [6.45, 7) is 5.75. The molecule has 222 valence electrons. The molecular weight excluding hydrogens is 539 g/mol. The van der Waals surface area contributed by atoms with Crippen LogP contribution in [0.1, 0.15) is 77.2 Å². The Labute approximate surface area is 236 Å². The van der Waals surface area contributed by atoms with E-state index in [4.69, 9.17) is 10.6 Å². The van der Waals surface area contributed by atoms with E-state index in [1.807, 2.05) is 13.8 Å². The van der Waals surface area contributed by atoms with Gasteiger partial charge in [-0.05, 0) is 61.4 Å². The molecule has 1 aliphatic carbocycles. The van der Waals surface area contributed by atoms with Gasteiger partial charge in [-0.2, -0.15) is 0 Å². The molecular formula is C29H36F3N5O4. The molecule has 41 heavy (non-hydrogen) atoms. The molecule has 9 nitrogen and oxygen atoms in total. The first-order chi connectivity index (χ1) is 19.4. The van der Waals surface area contributed by atoms with Crippen molar-refractivity contribution in [1.82, 2.24) is 15.3 Å². The molecule has 0 saturated heterocycles. The van der Waals surface area contributed by atoms with E-state index in [1.54, 1.807) is 11.5 Å². The van der Waals surface area contributed by atoms with E-state index < -0.39 is 47.7 Å². The summed E-state index contributed by atoms with van der Waals surface area (Å²) in [5.41, 5.74) is 3.27. The highest BCUT2D eigenvalue weighted by Crippen LogP contribution is 2.51. The Morgan fingerprint density at radius 3 is 2.56 bits per heavy atom. The number of carbonyl (C=O) groups excluding carboxylic acids is 3. The molecule has 1 aromatic carbocycles. The normalized spacial score (nSPS) is 17.8. The van der Waals surface area contributed by atoms with Crippen molar-refractivity contribution in [3.63, 3.8) is 0 Å². The fourth-order valence-corrected chi connectivity index (χ4v) is 6.06. The molecule has 2 aliphatic rings. The zero-order chi connectivity index (χ0) is 30.1. The summed E-state index contributed by atoms with van der Waals surface area (Å²) in [5.74, 6) is -0.626. The van der Waals surface area contributed by atoms with Crippen LogP contribution in [0.5, 0.6) is 0 Å². The van der Waals surface area contributed by atoms with Crippen LogP contribution < -0.4 is 21.9 Å². The average molecular weight is 576 g/mol. The number of benzene rings is 1. The van der Waals surface area contributed by atoms with Crippen molar-refractivity contribution in [2.75, 3.05) is 12.4 Å². The van der Waals surface area contributed by atoms with Crippen molar-refractivity contribution in [2.45, 2.75) is 77.5 Å². The molecule has 0 spiro atoms. The first-order valence-corrected chi connectivity index (χ1v) is 13.6. The Kier molecular flexibility index (Phi) is 8.65. The van der Waals surface area contributed by atoms with E-state index in [2.05, 4.69) is 16.1 Å². The number of methoxy groups -OCH3 is 1. The Morgan fingerprint density at radius 1 is 1.24 bits per heavy atom. The minimum absolute atomic E-state index is 0.0205. The van der Waals surface area contributed by atoms with E-state index >= 15 is 0 Å². The van der Waals surface area contributed by atoms with Gasteiger partial charge in [-0.1, -0.05) is 13.8 Å². The van der Waals surface area contributed by atoms with Crippen LogP contribution in [0, 0.1) is 18.7 Å². The standard InChI is InChI=1S/C29H36F3N5O4/c1-5-16(2)20(12-34-33)28(14-29(31,32)15-28)36-27(40)25(38)24-17(3)23(22-7-6-10-37(22)24)26(39)35-19-8-9-21(30)18(11-19)13-41-4/h8-9,11-12,16,34H,5-7,10,13-15,33H2,1-4H3,(H,35,39)(H,36,40)/b20-12+. The fraction of sp³-hybridized carbons (Fsp3) is 0.483. The molecule has 12 heteroatoms. The number of hydrogen-bond acceptors (Lipinski definition) is 6. The van der Waals surface area contributed by atoms with Gasteiger partial charge in [-0.15, -0.1) is 0 Å². The monoisotopic (exact) mass is 575 g/mol. The highest BCUT2D eigenvalue weighted by molar-refractivity contribution is 6.43. The first-order valence-electron chi connectivity index (χ1n) is 13.6. The molecule has 2 heterocycles. The van der Waals surface area contributed by atoms with Gasteiger partial charge in [-0.3, -0.25) is 20.2 Å². The topological polar surface area (TPSA) is 127 Å². The molecule has 0 bridgehead atoms. The molecule has 2 amide bonds. The molecule has 1 atom stereocenters. The van der Waals surface area contributed by atoms with Gasteiger partial charge >= 0.3 is 0 Å². The number of nitrogens with two attached hydrogens (primary N) is 1. The maximum Gasteiger partial charge on any atom is 0.294 e. The number of fused-ring (bicyclic) bond motifs is 1. The second-order valence-corrected chi connectivity index (χ2v) is 10.9. The van der Waals surface area contributed by atoms with Crippen molar-refractivity contribution < 1.29 is 32.3 Å². The van der Waals surface area contributed by atoms with Gasteiger partial charge in [0.05, 0.1) is 23.4 Å². The number of ketones is 1. The van der Waals surface area contributed by atoms with Crippen LogP contribution in [0.25, 0.3) is 0 Å². The summed E-state index contributed by atoms with van der Waals surface area (Å²) in [6, 6.07) is 4.11. The average Bonchev–Trinajstić information content (AvgIpc) is 3.46. The highest BCUT2D eigenvalue weighted by atomic mass is 19.3. The van der Waals surface area contributed by atoms with E-state index in [-0.39, 0.29) is 29.3 Å². The second kappa shape index (κ2) is 11.7. The smallest absolute Gasteiger partial charge is 0.294 e. The van der Waals surface area contributed by atoms with Crippen LogP contribution in [0.2, 0.25) is 0 Å². The molecule has 1 saturated carbocycles. The van der Waals surface area contributed by atoms with Crippen molar-refractivity contribution in [3.05, 3.63) is 63.9 Å². The van der Waals surface area contributed by atoms with Gasteiger partial charge in [0, 0.05) is 49.6 Å². The van der Waals surface area contributed by atoms with Gasteiger partial charge < -0.3 is 25.4 Å². The first kappa shape index (κ1) is 30.3. The zero-order valence-electron chi connectivity index (χ0n) is 23.6. The van der Waals surface area contributed by atoms with E-state index in [9.17, 15) is 27.6 Å². The predicted molar refractivity (Wildman–Crippen MR) is 147 cm³/mol. The number of aromatic nitrogens is 1. The molecule has 1 aromatic heterocycles. The minimum atomic E-state index is -3.00. The molecule has 5 N–H and O–H groups in total. The van der Waals surface area contributed by atoms with Crippen LogP contribution in [0.3, 0.4) is 0 Å². The number of Topliss-reactive ketones (excluding diaryl/α,β-unsaturated/α-hetero) is 1. The Balaban J connectivity index is 1.64. The highest BCUT2D eigenvalue weighted by Gasteiger charge is 2.60. The Bertz CT molecular complexity index is 1390. The van der Waals surface area contributed by atoms with Crippen LogP contribution in [-0.2, 0) is 29.1 Å². The van der Waals surface area contributed by atoms with E-state index in [0.717, 1.165) is 0 Å². The van der Waals surface area contributed by atoms with Crippen LogP contribution >= 0.6 is 0 Å². The predicted octanol–water partition coefficient (Wildman–Crippen LogP) is 4.14. The SMILES string of the molecule is CCC(C)/C(=C\NN)C1(NC(=O)C(=O)c2c(C)c(C(=O)Nc3ccc(F)c(COC)c3)c3n2CCC3)CC(F)(F)C1. The number of nitrogens with zero attached hydrogens (tertiary/aromatic N) is 1. The third-order valence-corrected chi connectivity index (χ3v) is 8.07. The summed E-state index contributed by atoms with van der Waals surface area (Å²) in [7, 11) is 1.43. The number of anilines is 1. The summed E-state index contributed by atoms with van der Waals surface area (Å²) in [6.07, 6.45) is 1.87. The third-order valence-electron chi connectivity index (χ3n) is 8.07. The van der Waals surface area contributed by atoms with Crippen molar-refractivity contribution in [2.24, 2.45) is 11.8 Å². The van der Waals surface area contributed by atoms with Crippen LogP contribution in [-0.4, -0.2) is 40.7 Å². The molecule has 1 unspecified atom stereocenters. The summed E-state index contributed by atoms with van der Waals surface area (Å²) in [4.78, 5) is 40.4. The van der Waals surface area contributed by atoms with Crippen molar-refractivity contribution >= 4 is 23.3 Å². The number of halogens is 3. The number of carbonyl (C=O) groups is 3. The summed E-state index contributed by atoms with van der Waals surface area (Å²) < 4.78 is 49.1.